The first-order valence-corrected chi connectivity index (χ1v) is 5.55. The molecule has 0 spiro atoms. The lowest BCUT2D eigenvalue weighted by atomic mass is 10.0. The van der Waals surface area contributed by atoms with Crippen LogP contribution in [-0.2, 0) is 9.53 Å². The quantitative estimate of drug-likeness (QED) is 0.752. The lowest BCUT2D eigenvalue weighted by molar-refractivity contribution is -0.117. The minimum atomic E-state index is -0.710. The Morgan fingerprint density at radius 2 is 2.11 bits per heavy atom. The number of carbonyl (C=O) groups is 2. The molecule has 1 unspecified atom stereocenters. The van der Waals surface area contributed by atoms with E-state index in [1.165, 1.54) is 14.2 Å². The Hall–Kier alpha value is -1.88. The van der Waals surface area contributed by atoms with E-state index in [9.17, 15) is 9.59 Å². The normalized spacial score (nSPS) is 18.8. The smallest absolute Gasteiger partial charge is 0.195 e. The fraction of sp³-hybridized carbons (Fsp3) is 0.385. The Morgan fingerprint density at radius 3 is 2.67 bits per heavy atom. The van der Waals surface area contributed by atoms with E-state index >= 15 is 0 Å². The highest BCUT2D eigenvalue weighted by Gasteiger charge is 2.31. The van der Waals surface area contributed by atoms with Gasteiger partial charge in [0.15, 0.2) is 11.6 Å². The third kappa shape index (κ3) is 2.36. The first kappa shape index (κ1) is 12.6. The topological polar surface area (TPSA) is 61.8 Å². The fourth-order valence-corrected chi connectivity index (χ4v) is 1.87. The van der Waals surface area contributed by atoms with Crippen LogP contribution in [0, 0.1) is 0 Å². The lowest BCUT2D eigenvalue weighted by Crippen LogP contribution is -2.20. The van der Waals surface area contributed by atoms with Crippen molar-refractivity contribution in [2.45, 2.75) is 12.5 Å². The number of benzene rings is 1. The third-order valence-electron chi connectivity index (χ3n) is 2.82. The van der Waals surface area contributed by atoms with Gasteiger partial charge in [0.05, 0.1) is 19.8 Å². The number of hydrogen-bond donors (Lipinski definition) is 0. The van der Waals surface area contributed by atoms with Gasteiger partial charge in [0.2, 0.25) is 0 Å². The first-order valence-electron chi connectivity index (χ1n) is 5.55. The molecule has 96 valence electrons. The van der Waals surface area contributed by atoms with Gasteiger partial charge in [0.1, 0.15) is 24.2 Å². The molecule has 1 aliphatic rings. The van der Waals surface area contributed by atoms with Gasteiger partial charge < -0.3 is 14.2 Å². The molecule has 1 saturated heterocycles. The number of hydrogen-bond acceptors (Lipinski definition) is 5. The average Bonchev–Trinajstić information content (AvgIpc) is 2.83. The van der Waals surface area contributed by atoms with Crippen LogP contribution in [0.2, 0.25) is 0 Å². The summed E-state index contributed by atoms with van der Waals surface area (Å²) in [6.07, 6.45) is -0.586. The molecule has 1 atom stereocenters. The summed E-state index contributed by atoms with van der Waals surface area (Å²) in [4.78, 5) is 23.4. The SMILES string of the molecule is COc1ccc(OC)c(C(=O)C2CC(=O)CO2)c1. The number of rotatable bonds is 4. The maximum absolute atomic E-state index is 12.2. The van der Waals surface area contributed by atoms with Crippen molar-refractivity contribution in [1.82, 2.24) is 0 Å². The molecule has 1 heterocycles. The minimum absolute atomic E-state index is 0.00267. The Balaban J connectivity index is 2.30. The van der Waals surface area contributed by atoms with Crippen molar-refractivity contribution in [1.29, 1.82) is 0 Å². The number of ether oxygens (including phenoxy) is 3. The third-order valence-corrected chi connectivity index (χ3v) is 2.82. The van der Waals surface area contributed by atoms with Crippen molar-refractivity contribution >= 4 is 11.6 Å². The lowest BCUT2D eigenvalue weighted by Gasteiger charge is -2.12. The molecule has 5 heteroatoms. The van der Waals surface area contributed by atoms with Gasteiger partial charge in [-0.15, -0.1) is 0 Å². The van der Waals surface area contributed by atoms with Gasteiger partial charge in [-0.1, -0.05) is 0 Å². The molecule has 0 saturated carbocycles. The highest BCUT2D eigenvalue weighted by atomic mass is 16.5. The van der Waals surface area contributed by atoms with Gasteiger partial charge in [-0.05, 0) is 18.2 Å². The zero-order valence-electron chi connectivity index (χ0n) is 10.3. The van der Waals surface area contributed by atoms with E-state index in [0.29, 0.717) is 17.1 Å². The van der Waals surface area contributed by atoms with Crippen molar-refractivity contribution in [3.8, 4) is 11.5 Å². The molecule has 0 bridgehead atoms. The molecule has 0 aliphatic carbocycles. The maximum atomic E-state index is 12.2. The predicted octanol–water partition coefficient (Wildman–Crippen LogP) is 1.24. The van der Waals surface area contributed by atoms with E-state index in [1.807, 2.05) is 0 Å². The van der Waals surface area contributed by atoms with E-state index < -0.39 is 6.10 Å². The Morgan fingerprint density at radius 1 is 1.33 bits per heavy atom. The van der Waals surface area contributed by atoms with Crippen LogP contribution in [0.3, 0.4) is 0 Å². The van der Waals surface area contributed by atoms with Gasteiger partial charge in [-0.25, -0.2) is 0 Å². The number of Topliss-reactive ketones (excluding diaryl/α,β-unsaturated/α-hetero) is 2. The molecule has 0 amide bonds. The predicted molar refractivity (Wildman–Crippen MR) is 63.2 cm³/mol. The first-order chi connectivity index (χ1) is 8.65. The van der Waals surface area contributed by atoms with Crippen LogP contribution < -0.4 is 9.47 Å². The van der Waals surface area contributed by atoms with Crippen LogP contribution in [-0.4, -0.2) is 38.5 Å². The van der Waals surface area contributed by atoms with Crippen LogP contribution in [0.4, 0.5) is 0 Å². The second-order valence-corrected chi connectivity index (χ2v) is 3.97. The highest BCUT2D eigenvalue weighted by Crippen LogP contribution is 2.27. The Bertz CT molecular complexity index is 480. The van der Waals surface area contributed by atoms with Crippen LogP contribution in [0.15, 0.2) is 18.2 Å². The molecular formula is C13H14O5. The van der Waals surface area contributed by atoms with Gasteiger partial charge in [-0.2, -0.15) is 0 Å². The second kappa shape index (κ2) is 5.18. The second-order valence-electron chi connectivity index (χ2n) is 3.97. The summed E-state index contributed by atoms with van der Waals surface area (Å²) in [5.74, 6) is 0.694. The van der Waals surface area contributed by atoms with E-state index in [0.717, 1.165) is 0 Å². The van der Waals surface area contributed by atoms with Crippen LogP contribution in [0.25, 0.3) is 0 Å². The van der Waals surface area contributed by atoms with Crippen LogP contribution >= 0.6 is 0 Å². The average molecular weight is 250 g/mol. The zero-order chi connectivity index (χ0) is 13.1. The molecule has 0 aromatic heterocycles. The molecule has 1 aliphatic heterocycles. The summed E-state index contributed by atoms with van der Waals surface area (Å²) in [6, 6.07) is 4.95. The monoisotopic (exact) mass is 250 g/mol. The zero-order valence-corrected chi connectivity index (χ0v) is 10.3. The van der Waals surface area contributed by atoms with E-state index in [1.54, 1.807) is 18.2 Å². The molecule has 1 fully saturated rings. The van der Waals surface area contributed by atoms with Crippen molar-refractivity contribution < 1.29 is 23.8 Å². The van der Waals surface area contributed by atoms with Crippen molar-refractivity contribution in [2.75, 3.05) is 20.8 Å². The Labute approximate surface area is 105 Å². The molecule has 0 radical (unpaired) electrons. The summed E-state index contributed by atoms with van der Waals surface area (Å²) >= 11 is 0. The largest absolute Gasteiger partial charge is 0.497 e. The minimum Gasteiger partial charge on any atom is -0.497 e. The maximum Gasteiger partial charge on any atom is 0.195 e. The van der Waals surface area contributed by atoms with Crippen molar-refractivity contribution in [3.63, 3.8) is 0 Å². The molecule has 1 aromatic rings. The van der Waals surface area contributed by atoms with Crippen molar-refractivity contribution in [3.05, 3.63) is 23.8 Å². The number of carbonyl (C=O) groups excluding carboxylic acids is 2. The van der Waals surface area contributed by atoms with Crippen LogP contribution in [0.1, 0.15) is 16.8 Å². The summed E-state index contributed by atoms with van der Waals surface area (Å²) < 4.78 is 15.4. The number of ketones is 2. The van der Waals surface area contributed by atoms with Crippen LogP contribution in [0.5, 0.6) is 11.5 Å². The van der Waals surface area contributed by atoms with Crippen molar-refractivity contribution in [2.24, 2.45) is 0 Å². The van der Waals surface area contributed by atoms with E-state index in [-0.39, 0.29) is 24.6 Å². The molecular weight excluding hydrogens is 236 g/mol. The Kier molecular flexibility index (Phi) is 3.62. The van der Waals surface area contributed by atoms with E-state index in [2.05, 4.69) is 0 Å². The van der Waals surface area contributed by atoms with E-state index in [4.69, 9.17) is 14.2 Å². The molecule has 0 N–H and O–H groups in total. The van der Waals surface area contributed by atoms with Gasteiger partial charge >= 0.3 is 0 Å². The highest BCUT2D eigenvalue weighted by molar-refractivity contribution is 6.05. The fourth-order valence-electron chi connectivity index (χ4n) is 1.87. The summed E-state index contributed by atoms with van der Waals surface area (Å²) in [5.41, 5.74) is 0.372. The summed E-state index contributed by atoms with van der Waals surface area (Å²) in [5, 5.41) is 0. The molecule has 18 heavy (non-hydrogen) atoms. The van der Waals surface area contributed by atoms with Gasteiger partial charge in [0, 0.05) is 6.42 Å². The van der Waals surface area contributed by atoms with Gasteiger partial charge in [0.25, 0.3) is 0 Å². The molecule has 2 rings (SSSR count). The summed E-state index contributed by atoms with van der Waals surface area (Å²) in [7, 11) is 3.00. The molecule has 1 aromatic carbocycles. The number of methoxy groups -OCH3 is 2. The summed E-state index contributed by atoms with van der Waals surface area (Å²) in [6.45, 7) is 0.00267. The standard InChI is InChI=1S/C13H14O5/c1-16-9-3-4-11(17-2)10(6-9)13(15)12-5-8(14)7-18-12/h3-4,6,12H,5,7H2,1-2H3. The van der Waals surface area contributed by atoms with Gasteiger partial charge in [-0.3, -0.25) is 9.59 Å². The molecule has 5 nitrogen and oxygen atoms in total.